The molecule has 5 rings (SSSR count). The summed E-state index contributed by atoms with van der Waals surface area (Å²) in [5.41, 5.74) is 4.81. The number of phosphoric acid groups is 1. The zero-order valence-electron chi connectivity index (χ0n) is 33.6. The molecule has 0 atom stereocenters. The molecule has 0 aliphatic heterocycles. The van der Waals surface area contributed by atoms with Gasteiger partial charge >= 0.3 is 7.82 Å². The second-order valence-corrected chi connectivity index (χ2v) is 14.5. The number of aromatic hydroxyl groups is 3. The number of ketones is 1. The summed E-state index contributed by atoms with van der Waals surface area (Å²) in [5, 5.41) is 45.0. The molecule has 0 aliphatic carbocycles. The van der Waals surface area contributed by atoms with Crippen molar-refractivity contribution in [2.45, 2.75) is 39.5 Å². The van der Waals surface area contributed by atoms with E-state index in [9.17, 15) is 15.0 Å². The second-order valence-electron chi connectivity index (χ2n) is 12.1. The second kappa shape index (κ2) is 34.8. The summed E-state index contributed by atoms with van der Waals surface area (Å²) in [4.78, 5) is 32.6. The Kier molecular flexibility index (Phi) is 32.6. The van der Waals surface area contributed by atoms with Crippen LogP contribution in [0.2, 0.25) is 10.0 Å². The van der Waals surface area contributed by atoms with Crippen molar-refractivity contribution in [1.82, 2.24) is 0 Å². The van der Waals surface area contributed by atoms with Gasteiger partial charge in [0.15, 0.2) is 5.78 Å². The molecule has 0 aromatic heterocycles. The first-order valence-electron chi connectivity index (χ1n) is 18.7. The highest BCUT2D eigenvalue weighted by Gasteiger charge is 2.04. The van der Waals surface area contributed by atoms with Gasteiger partial charge in [0.2, 0.25) is 0 Å². The average molecular weight is 959 g/mol. The lowest BCUT2D eigenvalue weighted by Crippen LogP contribution is -1.99. The minimum absolute atomic E-state index is 0.0185. The number of phenols is 3. The Morgan fingerprint density at radius 3 is 1.25 bits per heavy atom. The Hall–Kier alpha value is -3.82. The Bertz CT molecular complexity index is 1770. The molecule has 0 amide bonds. The van der Waals surface area contributed by atoms with E-state index in [2.05, 4.69) is 29.8 Å². The minimum atomic E-state index is -4.64. The van der Waals surface area contributed by atoms with Gasteiger partial charge in [-0.05, 0) is 83.6 Å². The molecule has 16 heteroatoms. The smallest absolute Gasteiger partial charge is 0.466 e. The molecule has 12 nitrogen and oxygen atoms in total. The number of hydrogen-bond acceptors (Lipinski definition) is 9. The predicted molar refractivity (Wildman–Crippen MR) is 243 cm³/mol. The number of aliphatic hydroxyl groups is 2. The molecule has 0 aliphatic rings. The molecule has 330 valence electrons. The summed E-state index contributed by atoms with van der Waals surface area (Å²) < 4.78 is 18.8. The summed E-state index contributed by atoms with van der Waals surface area (Å²) in [5.74, 6) is 0.429. The Labute approximate surface area is 371 Å². The van der Waals surface area contributed by atoms with Gasteiger partial charge in [-0.1, -0.05) is 139 Å². The molecule has 0 fully saturated rings. The van der Waals surface area contributed by atoms with Crippen molar-refractivity contribution in [3.63, 3.8) is 0 Å². The maximum atomic E-state index is 11.0. The number of carbonyl (C=O) groups is 1. The van der Waals surface area contributed by atoms with Crippen LogP contribution in [0.15, 0.2) is 121 Å². The monoisotopic (exact) mass is 956 g/mol. The van der Waals surface area contributed by atoms with Crippen molar-refractivity contribution in [1.29, 1.82) is 0 Å². The first-order valence-corrected chi connectivity index (χ1v) is 22.2. The van der Waals surface area contributed by atoms with Crippen LogP contribution >= 0.6 is 47.0 Å². The van der Waals surface area contributed by atoms with Crippen LogP contribution in [0, 0.1) is 0 Å². The number of rotatable bonds is 14. The van der Waals surface area contributed by atoms with Crippen molar-refractivity contribution in [2.75, 3.05) is 45.0 Å². The number of carbonyl (C=O) groups excluding carboxylic acids is 1. The van der Waals surface area contributed by atoms with E-state index in [-0.39, 0.29) is 36.2 Å². The van der Waals surface area contributed by atoms with Gasteiger partial charge in [0.25, 0.3) is 0 Å². The molecule has 0 radical (unpaired) electrons. The van der Waals surface area contributed by atoms with E-state index in [0.29, 0.717) is 34.2 Å². The van der Waals surface area contributed by atoms with Crippen molar-refractivity contribution >= 4 is 52.7 Å². The average Bonchev–Trinajstić information content (AvgIpc) is 3.24. The summed E-state index contributed by atoms with van der Waals surface area (Å²) >= 11 is 14.7. The summed E-state index contributed by atoms with van der Waals surface area (Å²) in [6.45, 7) is 7.06. The van der Waals surface area contributed by atoms with E-state index >= 15 is 0 Å². The third kappa shape index (κ3) is 29.4. The lowest BCUT2D eigenvalue weighted by Gasteiger charge is -2.02. The number of unbranched alkanes of at least 4 members (excludes halogenated alkanes) is 2. The van der Waals surface area contributed by atoms with Crippen LogP contribution in [-0.4, -0.2) is 91.0 Å². The van der Waals surface area contributed by atoms with E-state index in [1.54, 1.807) is 36.4 Å². The van der Waals surface area contributed by atoms with Crippen molar-refractivity contribution in [3.8, 4) is 39.5 Å². The number of phenolic OH excluding ortho intramolecular Hbond substituents is 3. The van der Waals surface area contributed by atoms with Gasteiger partial charge in [-0.25, -0.2) is 4.57 Å². The fourth-order valence-electron chi connectivity index (χ4n) is 4.18. The van der Waals surface area contributed by atoms with Gasteiger partial charge in [-0.2, -0.15) is 0 Å². The zero-order valence-corrected chi connectivity index (χ0v) is 37.6. The van der Waals surface area contributed by atoms with Crippen LogP contribution in [0.4, 0.5) is 0 Å². The summed E-state index contributed by atoms with van der Waals surface area (Å²) in [6.07, 6.45) is 4.51. The fraction of sp³-hybridized carbons (Fsp3) is 0.295. The highest BCUT2D eigenvalue weighted by molar-refractivity contribution is 9.09. The number of aliphatic hydroxyl groups excluding tert-OH is 2. The Morgan fingerprint density at radius 1 is 0.583 bits per heavy atom. The molecular weight excluding hydrogens is 902 g/mol. The first-order chi connectivity index (χ1) is 28.6. The van der Waals surface area contributed by atoms with E-state index in [1.165, 1.54) is 12.1 Å². The number of Topliss-reactive ketones (excluding diaryl/α,β-unsaturated/α-hetero) is 1. The van der Waals surface area contributed by atoms with Crippen LogP contribution in [0.25, 0.3) is 22.3 Å². The predicted octanol–water partition coefficient (Wildman–Crippen LogP) is 10.1. The SMILES string of the molecule is CCCCOCCO.CCCCOCCO.O=C(CBr)c1ccc(O)cc1.O=P(O)(O)O.Oc1ccc(-c2ccccc2)cc1Cl.Oc1ccc(-c2ccccc2)cc1Cl. The number of ether oxygens (including phenoxy) is 2. The molecule has 0 unspecified atom stereocenters. The lowest BCUT2D eigenvalue weighted by molar-refractivity contribution is 0.0904. The van der Waals surface area contributed by atoms with Crippen molar-refractivity contribution in [2.24, 2.45) is 0 Å². The van der Waals surface area contributed by atoms with Crippen LogP contribution in [0.5, 0.6) is 17.2 Å². The molecule has 0 spiro atoms. The van der Waals surface area contributed by atoms with Gasteiger partial charge in [0.05, 0.1) is 41.8 Å². The quantitative estimate of drug-likeness (QED) is 0.0226. The Balaban J connectivity index is 0.000000719. The van der Waals surface area contributed by atoms with E-state index < -0.39 is 7.82 Å². The maximum Gasteiger partial charge on any atom is 0.466 e. The van der Waals surface area contributed by atoms with Crippen molar-refractivity contribution < 1.29 is 59.0 Å². The zero-order chi connectivity index (χ0) is 45.2. The summed E-state index contributed by atoms with van der Waals surface area (Å²) in [7, 11) is -4.64. The van der Waals surface area contributed by atoms with Gasteiger partial charge in [-0.15, -0.1) is 0 Å². The number of halogens is 3. The molecule has 5 aromatic rings. The Morgan fingerprint density at radius 2 is 0.950 bits per heavy atom. The van der Waals surface area contributed by atoms with Crippen molar-refractivity contribution in [3.05, 3.63) is 137 Å². The van der Waals surface area contributed by atoms with Gasteiger partial charge in [-0.3, -0.25) is 4.79 Å². The van der Waals surface area contributed by atoms with Gasteiger partial charge in [0, 0.05) is 18.8 Å². The number of hydrogen-bond donors (Lipinski definition) is 8. The van der Waals surface area contributed by atoms with E-state index in [4.69, 9.17) is 67.2 Å². The normalized spacial score (nSPS) is 10.0. The lowest BCUT2D eigenvalue weighted by atomic mass is 10.1. The van der Waals surface area contributed by atoms with Crippen LogP contribution in [-0.2, 0) is 14.0 Å². The van der Waals surface area contributed by atoms with Gasteiger partial charge in [0.1, 0.15) is 17.2 Å². The molecule has 60 heavy (non-hydrogen) atoms. The molecule has 0 saturated carbocycles. The number of alkyl halides is 1. The van der Waals surface area contributed by atoms with Crippen LogP contribution in [0.1, 0.15) is 49.9 Å². The molecule has 0 heterocycles. The standard InChI is InChI=1S/2C12H9ClO.C8H7BrO2.2C6H14O2.H3O4P/c2*13-11-8-10(6-7-12(11)14)9-4-2-1-3-5-9;9-5-8(11)6-1-3-7(10)4-2-6;2*1-2-3-5-8-6-4-7;1-5(2,3)4/h2*1-8,14H;1-4,10H,5H2;2*7H,2-6H2,1H3;(H3,1,2,3,4). The molecule has 8 N–H and O–H groups in total. The van der Waals surface area contributed by atoms with E-state index in [1.807, 2.05) is 72.8 Å². The molecule has 0 bridgehead atoms. The van der Waals surface area contributed by atoms with Gasteiger partial charge < -0.3 is 49.7 Å². The van der Waals surface area contributed by atoms with Crippen LogP contribution in [0.3, 0.4) is 0 Å². The molecule has 0 saturated heterocycles. The van der Waals surface area contributed by atoms with Crippen LogP contribution < -0.4 is 0 Å². The minimum Gasteiger partial charge on any atom is -0.508 e. The molecular formula is C44H56BrCl2O12P. The largest absolute Gasteiger partial charge is 0.508 e. The third-order valence-electron chi connectivity index (χ3n) is 7.18. The molecule has 5 aromatic carbocycles. The summed E-state index contributed by atoms with van der Waals surface area (Å²) in [6, 6.07) is 36.4. The number of benzene rings is 5. The first kappa shape index (κ1) is 56.2. The topological polar surface area (TPSA) is 214 Å². The third-order valence-corrected chi connectivity index (χ3v) is 8.29. The maximum absolute atomic E-state index is 11.0. The highest BCUT2D eigenvalue weighted by atomic mass is 79.9. The van der Waals surface area contributed by atoms with E-state index in [0.717, 1.165) is 61.2 Å². The highest BCUT2D eigenvalue weighted by Crippen LogP contribution is 2.30. The fourth-order valence-corrected chi connectivity index (χ4v) is 4.87.